The van der Waals surface area contributed by atoms with E-state index in [0.717, 1.165) is 17.7 Å². The van der Waals surface area contributed by atoms with Gasteiger partial charge in [-0.2, -0.15) is 0 Å². The molecule has 1 aliphatic rings. The smallest absolute Gasteiger partial charge is 0.241 e. The van der Waals surface area contributed by atoms with Crippen molar-refractivity contribution >= 4 is 5.91 Å². The maximum absolute atomic E-state index is 12.7. The Labute approximate surface area is 127 Å². The highest BCUT2D eigenvalue weighted by atomic mass is 16.5. The van der Waals surface area contributed by atoms with Gasteiger partial charge < -0.3 is 9.64 Å². The Kier molecular flexibility index (Phi) is 4.88. The molecule has 0 bridgehead atoms. The third-order valence-electron chi connectivity index (χ3n) is 4.28. The van der Waals surface area contributed by atoms with E-state index in [2.05, 4.69) is 33.0 Å². The standard InChI is InChI=1S/C17H26N2O2/c1-6-12(4)19-16(18-15(11(2)3)17(19)20)13-8-7-9-14(10-13)21-5/h7-12,15-16,18H,6H2,1-5H3. The fourth-order valence-corrected chi connectivity index (χ4v) is 2.82. The molecule has 1 saturated heterocycles. The summed E-state index contributed by atoms with van der Waals surface area (Å²) >= 11 is 0. The SMILES string of the molecule is CCC(C)N1C(=O)C(C(C)C)NC1c1cccc(OC)c1. The summed E-state index contributed by atoms with van der Waals surface area (Å²) in [5.74, 6) is 1.30. The summed E-state index contributed by atoms with van der Waals surface area (Å²) in [6.45, 7) is 8.38. The van der Waals surface area contributed by atoms with E-state index in [1.165, 1.54) is 0 Å². The molecule has 1 fully saturated rings. The van der Waals surface area contributed by atoms with Crippen LogP contribution in [-0.4, -0.2) is 30.0 Å². The molecule has 0 aliphatic carbocycles. The summed E-state index contributed by atoms with van der Waals surface area (Å²) in [5, 5.41) is 3.49. The Morgan fingerprint density at radius 2 is 2.05 bits per heavy atom. The van der Waals surface area contributed by atoms with Crippen LogP contribution in [0.4, 0.5) is 0 Å². The molecule has 0 aromatic heterocycles. The molecule has 21 heavy (non-hydrogen) atoms. The van der Waals surface area contributed by atoms with Crippen molar-refractivity contribution < 1.29 is 9.53 Å². The Morgan fingerprint density at radius 1 is 1.33 bits per heavy atom. The molecule has 1 heterocycles. The van der Waals surface area contributed by atoms with Crippen LogP contribution in [0.25, 0.3) is 0 Å². The van der Waals surface area contributed by atoms with Crippen molar-refractivity contribution in [3.8, 4) is 5.75 Å². The molecule has 1 amide bonds. The van der Waals surface area contributed by atoms with Gasteiger partial charge in [0.25, 0.3) is 0 Å². The van der Waals surface area contributed by atoms with Gasteiger partial charge in [-0.05, 0) is 37.0 Å². The molecule has 116 valence electrons. The van der Waals surface area contributed by atoms with Crippen LogP contribution < -0.4 is 10.1 Å². The van der Waals surface area contributed by atoms with E-state index < -0.39 is 0 Å². The zero-order valence-corrected chi connectivity index (χ0v) is 13.6. The van der Waals surface area contributed by atoms with Crippen molar-refractivity contribution in [2.75, 3.05) is 7.11 Å². The number of nitrogens with one attached hydrogen (secondary N) is 1. The first-order chi connectivity index (χ1) is 9.99. The number of carbonyl (C=O) groups is 1. The third kappa shape index (κ3) is 3.05. The fraction of sp³-hybridized carbons (Fsp3) is 0.588. The maximum Gasteiger partial charge on any atom is 0.241 e. The van der Waals surface area contributed by atoms with E-state index in [9.17, 15) is 4.79 Å². The van der Waals surface area contributed by atoms with Crippen LogP contribution in [0.1, 0.15) is 45.8 Å². The molecule has 3 unspecified atom stereocenters. The molecule has 0 saturated carbocycles. The lowest BCUT2D eigenvalue weighted by Crippen LogP contribution is -2.39. The summed E-state index contributed by atoms with van der Waals surface area (Å²) in [5.41, 5.74) is 1.08. The molecule has 0 spiro atoms. The van der Waals surface area contributed by atoms with Gasteiger partial charge in [0.1, 0.15) is 11.9 Å². The van der Waals surface area contributed by atoms with Crippen LogP contribution in [-0.2, 0) is 4.79 Å². The summed E-state index contributed by atoms with van der Waals surface area (Å²) in [4.78, 5) is 14.7. The van der Waals surface area contributed by atoms with Crippen LogP contribution in [0.15, 0.2) is 24.3 Å². The molecule has 1 aromatic carbocycles. The van der Waals surface area contributed by atoms with Crippen LogP contribution >= 0.6 is 0 Å². The molecule has 1 aromatic rings. The maximum atomic E-state index is 12.7. The van der Waals surface area contributed by atoms with Crippen molar-refractivity contribution in [1.29, 1.82) is 0 Å². The van der Waals surface area contributed by atoms with Gasteiger partial charge in [0.2, 0.25) is 5.91 Å². The quantitative estimate of drug-likeness (QED) is 0.906. The lowest BCUT2D eigenvalue weighted by Gasteiger charge is -2.30. The van der Waals surface area contributed by atoms with Gasteiger partial charge in [0.05, 0.1) is 13.2 Å². The van der Waals surface area contributed by atoms with Crippen molar-refractivity contribution in [3.05, 3.63) is 29.8 Å². The first-order valence-corrected chi connectivity index (χ1v) is 7.71. The first kappa shape index (κ1) is 15.8. The second-order valence-electron chi connectivity index (χ2n) is 6.07. The number of hydrogen-bond donors (Lipinski definition) is 1. The van der Waals surface area contributed by atoms with Crippen LogP contribution in [0.5, 0.6) is 5.75 Å². The Balaban J connectivity index is 2.36. The van der Waals surface area contributed by atoms with Gasteiger partial charge in [-0.15, -0.1) is 0 Å². The highest BCUT2D eigenvalue weighted by Gasteiger charge is 2.42. The number of carbonyl (C=O) groups excluding carboxylic acids is 1. The number of rotatable bonds is 5. The number of nitrogens with zero attached hydrogens (tertiary/aromatic N) is 1. The minimum Gasteiger partial charge on any atom is -0.497 e. The average Bonchev–Trinajstić information content (AvgIpc) is 2.84. The van der Waals surface area contributed by atoms with E-state index in [4.69, 9.17) is 4.74 Å². The minimum absolute atomic E-state index is 0.0741. The van der Waals surface area contributed by atoms with E-state index in [-0.39, 0.29) is 30.1 Å². The van der Waals surface area contributed by atoms with Gasteiger partial charge in [-0.1, -0.05) is 32.9 Å². The van der Waals surface area contributed by atoms with Crippen molar-refractivity contribution in [2.45, 2.75) is 52.4 Å². The normalized spacial score (nSPS) is 23.7. The molecule has 1 aliphatic heterocycles. The molecule has 4 nitrogen and oxygen atoms in total. The zero-order valence-electron chi connectivity index (χ0n) is 13.6. The van der Waals surface area contributed by atoms with E-state index in [1.54, 1.807) is 7.11 Å². The number of methoxy groups -OCH3 is 1. The molecule has 4 heteroatoms. The van der Waals surface area contributed by atoms with E-state index in [1.807, 2.05) is 29.2 Å². The number of amides is 1. The van der Waals surface area contributed by atoms with Gasteiger partial charge in [0, 0.05) is 6.04 Å². The number of benzene rings is 1. The minimum atomic E-state index is -0.116. The van der Waals surface area contributed by atoms with Gasteiger partial charge in [-0.3, -0.25) is 10.1 Å². The second-order valence-corrected chi connectivity index (χ2v) is 6.07. The van der Waals surface area contributed by atoms with Crippen LogP contribution in [0.3, 0.4) is 0 Å². The molecule has 1 N–H and O–H groups in total. The van der Waals surface area contributed by atoms with Crippen molar-refractivity contribution in [1.82, 2.24) is 10.2 Å². The predicted molar refractivity (Wildman–Crippen MR) is 84.1 cm³/mol. The summed E-state index contributed by atoms with van der Waals surface area (Å²) in [6.07, 6.45) is 0.869. The lowest BCUT2D eigenvalue weighted by atomic mass is 10.0. The van der Waals surface area contributed by atoms with Crippen LogP contribution in [0.2, 0.25) is 0 Å². The molecular weight excluding hydrogens is 264 g/mol. The lowest BCUT2D eigenvalue weighted by molar-refractivity contribution is -0.132. The highest BCUT2D eigenvalue weighted by Crippen LogP contribution is 2.32. The van der Waals surface area contributed by atoms with Gasteiger partial charge in [-0.25, -0.2) is 0 Å². The second kappa shape index (κ2) is 6.48. The zero-order chi connectivity index (χ0) is 15.6. The summed E-state index contributed by atoms with van der Waals surface area (Å²) in [7, 11) is 1.66. The Hall–Kier alpha value is -1.55. The van der Waals surface area contributed by atoms with Gasteiger partial charge >= 0.3 is 0 Å². The predicted octanol–water partition coefficient (Wildman–Crippen LogP) is 2.95. The molecule has 0 radical (unpaired) electrons. The molecule has 3 atom stereocenters. The van der Waals surface area contributed by atoms with E-state index in [0.29, 0.717) is 0 Å². The summed E-state index contributed by atoms with van der Waals surface area (Å²) < 4.78 is 5.31. The van der Waals surface area contributed by atoms with Crippen LogP contribution in [0, 0.1) is 5.92 Å². The topological polar surface area (TPSA) is 41.6 Å². The molecular formula is C17H26N2O2. The highest BCUT2D eigenvalue weighted by molar-refractivity contribution is 5.85. The number of hydrogen-bond acceptors (Lipinski definition) is 3. The Morgan fingerprint density at radius 3 is 2.62 bits per heavy atom. The summed E-state index contributed by atoms with van der Waals surface area (Å²) in [6, 6.07) is 8.04. The largest absolute Gasteiger partial charge is 0.497 e. The van der Waals surface area contributed by atoms with E-state index >= 15 is 0 Å². The number of ether oxygens (including phenoxy) is 1. The average molecular weight is 290 g/mol. The third-order valence-corrected chi connectivity index (χ3v) is 4.28. The van der Waals surface area contributed by atoms with Crippen molar-refractivity contribution in [2.24, 2.45) is 5.92 Å². The van der Waals surface area contributed by atoms with Gasteiger partial charge in [0.15, 0.2) is 0 Å². The monoisotopic (exact) mass is 290 g/mol. The Bertz CT molecular complexity index is 501. The fourth-order valence-electron chi connectivity index (χ4n) is 2.82. The first-order valence-electron chi connectivity index (χ1n) is 7.71. The molecule has 2 rings (SSSR count). The van der Waals surface area contributed by atoms with Crippen molar-refractivity contribution in [3.63, 3.8) is 0 Å².